The van der Waals surface area contributed by atoms with E-state index in [0.29, 0.717) is 10.8 Å². The first-order chi connectivity index (χ1) is 17.0. The van der Waals surface area contributed by atoms with Gasteiger partial charge in [-0.15, -0.1) is 0 Å². The number of hydrogen-bond donors (Lipinski definition) is 0. The van der Waals surface area contributed by atoms with Crippen molar-refractivity contribution in [2.75, 3.05) is 0 Å². The standard InChI is InChI=1S/2C14H16O3S.Ca/c2*1-2-3-6-11-9-12-7-4-5-8-13(12)14(10-11)18(15,16)17;/h2*4-5,7-10H,2-3,6H2,1H3,(H,15,16,17);/q;;+2/p-2. The molecule has 192 valence electrons. The first kappa shape index (κ1) is 31.7. The minimum Gasteiger partial charge on any atom is -0.744 e. The third-order valence-corrected chi connectivity index (χ3v) is 7.70. The van der Waals surface area contributed by atoms with Crippen molar-refractivity contribution in [3.05, 3.63) is 83.9 Å². The molecule has 0 spiro atoms. The summed E-state index contributed by atoms with van der Waals surface area (Å²) >= 11 is 0. The summed E-state index contributed by atoms with van der Waals surface area (Å²) in [6.07, 6.45) is 5.62. The molecular formula is C28H30CaO6S2. The molecule has 0 amide bonds. The van der Waals surface area contributed by atoms with Crippen LogP contribution >= 0.6 is 0 Å². The molecule has 4 rings (SSSR count). The molecule has 0 aliphatic heterocycles. The molecule has 0 aromatic heterocycles. The minimum absolute atomic E-state index is 0. The number of rotatable bonds is 8. The molecule has 6 nitrogen and oxygen atoms in total. The van der Waals surface area contributed by atoms with Crippen LogP contribution in [0.2, 0.25) is 0 Å². The molecule has 0 saturated carbocycles. The monoisotopic (exact) mass is 566 g/mol. The maximum absolute atomic E-state index is 11.3. The van der Waals surface area contributed by atoms with E-state index in [2.05, 4.69) is 13.8 Å². The van der Waals surface area contributed by atoms with E-state index in [1.807, 2.05) is 36.4 Å². The van der Waals surface area contributed by atoms with Gasteiger partial charge < -0.3 is 9.11 Å². The first-order valence-electron chi connectivity index (χ1n) is 12.0. The Labute approximate surface area is 249 Å². The summed E-state index contributed by atoms with van der Waals surface area (Å²) in [5.74, 6) is 0. The fourth-order valence-electron chi connectivity index (χ4n) is 4.13. The van der Waals surface area contributed by atoms with E-state index in [1.54, 1.807) is 24.3 Å². The Hall–Kier alpha value is -1.52. The molecule has 0 bridgehead atoms. The van der Waals surface area contributed by atoms with Gasteiger partial charge in [-0.1, -0.05) is 87.4 Å². The van der Waals surface area contributed by atoms with Gasteiger partial charge in [0.05, 0.1) is 9.79 Å². The summed E-state index contributed by atoms with van der Waals surface area (Å²) in [5, 5.41) is 2.63. The smallest absolute Gasteiger partial charge is 0.744 e. The number of hydrogen-bond acceptors (Lipinski definition) is 6. The van der Waals surface area contributed by atoms with Crippen molar-refractivity contribution in [3.63, 3.8) is 0 Å². The molecule has 0 fully saturated rings. The first-order valence-corrected chi connectivity index (χ1v) is 14.8. The molecular weight excluding hydrogens is 537 g/mol. The summed E-state index contributed by atoms with van der Waals surface area (Å²) in [5.41, 5.74) is 1.81. The molecule has 4 aromatic rings. The van der Waals surface area contributed by atoms with Crippen molar-refractivity contribution in [3.8, 4) is 0 Å². The molecule has 4 aromatic carbocycles. The summed E-state index contributed by atoms with van der Waals surface area (Å²) in [6.45, 7) is 4.15. The Kier molecular flexibility index (Phi) is 12.0. The molecule has 37 heavy (non-hydrogen) atoms. The SMILES string of the molecule is CCCCc1cc(S(=O)(=O)[O-])c2ccccc2c1.CCCCc1cc(S(=O)(=O)[O-])c2ccccc2c1.[Ca+2]. The summed E-state index contributed by atoms with van der Waals surface area (Å²) in [6, 6.07) is 21.1. The average molecular weight is 567 g/mol. The van der Waals surface area contributed by atoms with Crippen LogP contribution in [0.1, 0.15) is 50.7 Å². The Morgan fingerprint density at radius 2 is 0.946 bits per heavy atom. The Morgan fingerprint density at radius 3 is 1.27 bits per heavy atom. The van der Waals surface area contributed by atoms with Gasteiger partial charge in [-0.25, -0.2) is 16.8 Å². The molecule has 9 heteroatoms. The van der Waals surface area contributed by atoms with Gasteiger partial charge in [-0.05, 0) is 70.5 Å². The zero-order chi connectivity index (χ0) is 26.3. The van der Waals surface area contributed by atoms with Gasteiger partial charge in [0.2, 0.25) is 0 Å². The topological polar surface area (TPSA) is 114 Å². The molecule has 0 unspecified atom stereocenters. The maximum atomic E-state index is 11.3. The van der Waals surface area contributed by atoms with Crippen molar-refractivity contribution in [2.45, 2.75) is 62.2 Å². The van der Waals surface area contributed by atoms with Crippen LogP contribution in [0.25, 0.3) is 21.5 Å². The van der Waals surface area contributed by atoms with Crippen molar-refractivity contribution < 1.29 is 25.9 Å². The third-order valence-electron chi connectivity index (χ3n) is 5.94. The predicted molar refractivity (Wildman–Crippen MR) is 147 cm³/mol. The van der Waals surface area contributed by atoms with E-state index in [0.717, 1.165) is 60.4 Å². The maximum Gasteiger partial charge on any atom is 2.00 e. The van der Waals surface area contributed by atoms with E-state index < -0.39 is 20.2 Å². The normalized spacial score (nSPS) is 11.6. The second-order valence-electron chi connectivity index (χ2n) is 8.75. The molecule has 0 aliphatic rings. The second-order valence-corrected chi connectivity index (χ2v) is 11.4. The van der Waals surface area contributed by atoms with Crippen LogP contribution in [0.15, 0.2) is 82.6 Å². The van der Waals surface area contributed by atoms with Crippen molar-refractivity contribution in [1.82, 2.24) is 0 Å². The Balaban J connectivity index is 0.000000253. The third kappa shape index (κ3) is 8.75. The number of unbranched alkanes of at least 4 members (excludes halogenated alkanes) is 2. The zero-order valence-corrected chi connectivity index (χ0v) is 25.0. The van der Waals surface area contributed by atoms with Gasteiger partial charge in [0, 0.05) is 0 Å². The van der Waals surface area contributed by atoms with E-state index in [1.165, 1.54) is 12.1 Å². The van der Waals surface area contributed by atoms with Gasteiger partial charge >= 0.3 is 37.7 Å². The number of fused-ring (bicyclic) bond motifs is 2. The fourth-order valence-corrected chi connectivity index (χ4v) is 5.64. The molecule has 0 radical (unpaired) electrons. The van der Waals surface area contributed by atoms with Crippen molar-refractivity contribution >= 4 is 79.5 Å². The largest absolute Gasteiger partial charge is 2.00 e. The average Bonchev–Trinajstić information content (AvgIpc) is 2.84. The van der Waals surface area contributed by atoms with Crippen LogP contribution in [0, 0.1) is 0 Å². The van der Waals surface area contributed by atoms with Crippen molar-refractivity contribution in [2.24, 2.45) is 0 Å². The van der Waals surface area contributed by atoms with Crippen LogP contribution in [-0.2, 0) is 33.1 Å². The quantitative estimate of drug-likeness (QED) is 0.197. The number of benzene rings is 4. The zero-order valence-electron chi connectivity index (χ0n) is 21.1. The molecule has 0 saturated heterocycles. The fraction of sp³-hybridized carbons (Fsp3) is 0.286. The molecule has 0 N–H and O–H groups in total. The van der Waals surface area contributed by atoms with E-state index in [4.69, 9.17) is 0 Å². The minimum atomic E-state index is -4.43. The van der Waals surface area contributed by atoms with E-state index in [9.17, 15) is 25.9 Å². The van der Waals surface area contributed by atoms with Gasteiger partial charge in [-0.2, -0.15) is 0 Å². The van der Waals surface area contributed by atoms with E-state index >= 15 is 0 Å². The number of aryl methyl sites for hydroxylation is 2. The van der Waals surface area contributed by atoms with Crippen LogP contribution in [0.3, 0.4) is 0 Å². The van der Waals surface area contributed by atoms with Crippen LogP contribution in [-0.4, -0.2) is 63.7 Å². The van der Waals surface area contributed by atoms with Crippen LogP contribution in [0.4, 0.5) is 0 Å². The van der Waals surface area contributed by atoms with Gasteiger partial charge in [0.25, 0.3) is 0 Å². The summed E-state index contributed by atoms with van der Waals surface area (Å²) in [7, 11) is -8.85. The van der Waals surface area contributed by atoms with Gasteiger partial charge in [0.15, 0.2) is 0 Å². The van der Waals surface area contributed by atoms with Crippen molar-refractivity contribution in [1.29, 1.82) is 0 Å². The second kappa shape index (κ2) is 14.0. The Morgan fingerprint density at radius 1 is 0.595 bits per heavy atom. The molecule has 0 atom stereocenters. The summed E-state index contributed by atoms with van der Waals surface area (Å²) < 4.78 is 67.9. The van der Waals surface area contributed by atoms with Gasteiger partial charge in [-0.3, -0.25) is 0 Å². The Bertz CT molecular complexity index is 1450. The van der Waals surface area contributed by atoms with Gasteiger partial charge in [0.1, 0.15) is 20.2 Å². The van der Waals surface area contributed by atoms with E-state index in [-0.39, 0.29) is 47.5 Å². The van der Waals surface area contributed by atoms with Crippen LogP contribution in [0.5, 0.6) is 0 Å². The molecule has 0 aliphatic carbocycles. The predicted octanol–water partition coefficient (Wildman–Crippen LogP) is 5.79. The summed E-state index contributed by atoms with van der Waals surface area (Å²) in [4.78, 5) is -0.210. The van der Waals surface area contributed by atoms with Crippen LogP contribution < -0.4 is 0 Å². The molecule has 0 heterocycles.